The van der Waals surface area contributed by atoms with E-state index in [1.807, 2.05) is 77.7 Å². The van der Waals surface area contributed by atoms with E-state index in [9.17, 15) is 4.79 Å². The predicted octanol–water partition coefficient (Wildman–Crippen LogP) is 3.87. The Hall–Kier alpha value is -3.06. The van der Waals surface area contributed by atoms with Gasteiger partial charge in [-0.15, -0.1) is 0 Å². The summed E-state index contributed by atoms with van der Waals surface area (Å²) >= 11 is 1.41. The molecule has 0 unspecified atom stereocenters. The lowest BCUT2D eigenvalue weighted by Gasteiger charge is -2.07. The van der Waals surface area contributed by atoms with Crippen LogP contribution in [0.2, 0.25) is 0 Å². The number of imidazole rings is 1. The van der Waals surface area contributed by atoms with E-state index < -0.39 is 0 Å². The van der Waals surface area contributed by atoms with Crippen molar-refractivity contribution in [2.24, 2.45) is 0 Å². The quantitative estimate of drug-likeness (QED) is 0.536. The highest BCUT2D eigenvalue weighted by molar-refractivity contribution is 7.99. The molecule has 0 radical (unpaired) electrons. The van der Waals surface area contributed by atoms with Crippen LogP contribution in [0.15, 0.2) is 66.1 Å². The molecule has 136 valence electrons. The molecule has 1 N–H and O–H groups in total. The van der Waals surface area contributed by atoms with E-state index in [0.717, 1.165) is 33.4 Å². The number of carbonyl (C=O) groups excluding carboxylic acids is 1. The second-order valence-electron chi connectivity index (χ2n) is 6.17. The average molecular weight is 377 g/mol. The van der Waals surface area contributed by atoms with Crippen LogP contribution >= 0.6 is 11.8 Å². The topological polar surface area (TPSA) is 64.2 Å². The van der Waals surface area contributed by atoms with Crippen LogP contribution in [0, 0.1) is 13.8 Å². The maximum Gasteiger partial charge on any atom is 0.234 e. The van der Waals surface area contributed by atoms with Gasteiger partial charge in [0, 0.05) is 6.20 Å². The summed E-state index contributed by atoms with van der Waals surface area (Å²) in [5, 5.41) is 8.36. The number of amides is 1. The molecule has 0 atom stereocenters. The zero-order valence-corrected chi connectivity index (χ0v) is 15.9. The van der Waals surface area contributed by atoms with Crippen molar-refractivity contribution in [3.05, 3.63) is 72.3 Å². The Bertz CT molecular complexity index is 1100. The number of pyridine rings is 1. The molecular weight excluding hydrogens is 358 g/mol. The first-order valence-corrected chi connectivity index (χ1v) is 9.58. The summed E-state index contributed by atoms with van der Waals surface area (Å²) in [5.41, 5.74) is 4.44. The van der Waals surface area contributed by atoms with Gasteiger partial charge < -0.3 is 5.32 Å². The fourth-order valence-electron chi connectivity index (χ4n) is 2.98. The van der Waals surface area contributed by atoms with Crippen molar-refractivity contribution in [2.45, 2.75) is 19.0 Å². The maximum atomic E-state index is 12.5. The fourth-order valence-corrected chi connectivity index (χ4v) is 3.74. The molecule has 0 saturated carbocycles. The largest absolute Gasteiger partial charge is 0.322 e. The van der Waals surface area contributed by atoms with Crippen molar-refractivity contribution in [1.29, 1.82) is 0 Å². The number of fused-ring (bicyclic) bond motifs is 1. The predicted molar refractivity (Wildman–Crippen MR) is 108 cm³/mol. The molecule has 0 saturated heterocycles. The number of carbonyl (C=O) groups is 1. The van der Waals surface area contributed by atoms with Crippen LogP contribution in [0.5, 0.6) is 0 Å². The van der Waals surface area contributed by atoms with Crippen LogP contribution in [0.25, 0.3) is 11.2 Å². The summed E-state index contributed by atoms with van der Waals surface area (Å²) in [5.74, 6) is 0.204. The van der Waals surface area contributed by atoms with Gasteiger partial charge in [0.05, 0.1) is 40.2 Å². The molecule has 1 aromatic carbocycles. The molecule has 3 heterocycles. The Morgan fingerprint density at radius 2 is 1.89 bits per heavy atom. The number of rotatable bonds is 5. The number of hydrogen-bond donors (Lipinski definition) is 1. The molecule has 27 heavy (non-hydrogen) atoms. The molecule has 1 amide bonds. The minimum atomic E-state index is -0.0773. The van der Waals surface area contributed by atoms with E-state index in [0.29, 0.717) is 0 Å². The van der Waals surface area contributed by atoms with E-state index >= 15 is 0 Å². The Balaban J connectivity index is 1.48. The third-order valence-corrected chi connectivity index (χ3v) is 5.26. The molecule has 0 fully saturated rings. The maximum absolute atomic E-state index is 12.5. The molecule has 4 rings (SSSR count). The second-order valence-corrected chi connectivity index (χ2v) is 7.11. The first-order valence-electron chi connectivity index (χ1n) is 8.60. The van der Waals surface area contributed by atoms with Crippen molar-refractivity contribution in [3.63, 3.8) is 0 Å². The van der Waals surface area contributed by atoms with Crippen LogP contribution < -0.4 is 5.32 Å². The van der Waals surface area contributed by atoms with Gasteiger partial charge in [-0.2, -0.15) is 5.10 Å². The highest BCUT2D eigenvalue weighted by Gasteiger charge is 2.16. The smallest absolute Gasteiger partial charge is 0.234 e. The number of aromatic nitrogens is 4. The lowest BCUT2D eigenvalue weighted by atomic mass is 10.3. The van der Waals surface area contributed by atoms with Gasteiger partial charge >= 0.3 is 0 Å². The summed E-state index contributed by atoms with van der Waals surface area (Å²) in [6.45, 7) is 3.86. The van der Waals surface area contributed by atoms with Gasteiger partial charge in [0.25, 0.3) is 0 Å². The van der Waals surface area contributed by atoms with Crippen molar-refractivity contribution >= 4 is 28.9 Å². The number of para-hydroxylation sites is 1. The van der Waals surface area contributed by atoms with E-state index in [1.54, 1.807) is 6.20 Å². The lowest BCUT2D eigenvalue weighted by Crippen LogP contribution is -2.15. The Morgan fingerprint density at radius 1 is 1.11 bits per heavy atom. The molecule has 3 aromatic heterocycles. The normalized spacial score (nSPS) is 11.0. The molecule has 0 bridgehead atoms. The molecule has 4 aromatic rings. The van der Waals surface area contributed by atoms with E-state index in [4.69, 9.17) is 0 Å². The van der Waals surface area contributed by atoms with E-state index in [-0.39, 0.29) is 11.7 Å². The summed E-state index contributed by atoms with van der Waals surface area (Å²) in [6, 6.07) is 15.8. The number of thioether (sulfide) groups is 1. The summed E-state index contributed by atoms with van der Waals surface area (Å²) in [4.78, 5) is 16.9. The van der Waals surface area contributed by atoms with Gasteiger partial charge in [0.15, 0.2) is 5.16 Å². The zero-order valence-electron chi connectivity index (χ0n) is 15.1. The molecule has 0 aliphatic heterocycles. The van der Waals surface area contributed by atoms with Crippen molar-refractivity contribution in [3.8, 4) is 5.69 Å². The molecule has 7 heteroatoms. The number of aryl methyl sites for hydroxylation is 1. The van der Waals surface area contributed by atoms with Crippen molar-refractivity contribution < 1.29 is 4.79 Å². The van der Waals surface area contributed by atoms with Crippen molar-refractivity contribution in [2.75, 3.05) is 11.1 Å². The summed E-state index contributed by atoms with van der Waals surface area (Å²) in [7, 11) is 0. The third kappa shape index (κ3) is 3.46. The highest BCUT2D eigenvalue weighted by atomic mass is 32.2. The number of nitrogens with zero attached hydrogens (tertiary/aromatic N) is 4. The van der Waals surface area contributed by atoms with Gasteiger partial charge in [0.2, 0.25) is 5.91 Å². The Kier molecular flexibility index (Phi) is 4.68. The third-order valence-electron chi connectivity index (χ3n) is 4.29. The van der Waals surface area contributed by atoms with E-state index in [1.165, 1.54) is 11.8 Å². The Morgan fingerprint density at radius 3 is 2.70 bits per heavy atom. The van der Waals surface area contributed by atoms with Crippen LogP contribution in [0.1, 0.15) is 11.4 Å². The monoisotopic (exact) mass is 377 g/mol. The van der Waals surface area contributed by atoms with E-state index in [2.05, 4.69) is 15.4 Å². The standard InChI is InChI=1S/C20H19N5OS/c1-14-19(15(2)25(23-14)16-8-4-3-5-9-16)22-18(26)13-27-20-21-12-17-10-6-7-11-24(17)20/h3-12H,13H2,1-2H3,(H,22,26). The lowest BCUT2D eigenvalue weighted by molar-refractivity contribution is -0.113. The zero-order chi connectivity index (χ0) is 18.8. The van der Waals surface area contributed by atoms with Crippen LogP contribution in [0.4, 0.5) is 5.69 Å². The molecule has 0 aliphatic rings. The molecular formula is C20H19N5OS. The van der Waals surface area contributed by atoms with Gasteiger partial charge in [-0.25, -0.2) is 9.67 Å². The summed E-state index contributed by atoms with van der Waals surface area (Å²) in [6.07, 6.45) is 3.75. The Labute approximate surface area is 161 Å². The fraction of sp³-hybridized carbons (Fsp3) is 0.150. The van der Waals surface area contributed by atoms with Gasteiger partial charge in [-0.3, -0.25) is 9.20 Å². The van der Waals surface area contributed by atoms with Gasteiger partial charge in [-0.05, 0) is 38.1 Å². The number of anilines is 1. The average Bonchev–Trinajstić information content (AvgIpc) is 3.23. The summed E-state index contributed by atoms with van der Waals surface area (Å²) < 4.78 is 3.82. The minimum absolute atomic E-state index is 0.0773. The molecule has 0 aliphatic carbocycles. The highest BCUT2D eigenvalue weighted by Crippen LogP contribution is 2.24. The van der Waals surface area contributed by atoms with Crippen molar-refractivity contribution in [1.82, 2.24) is 19.2 Å². The van der Waals surface area contributed by atoms with Gasteiger partial charge in [0.1, 0.15) is 0 Å². The number of hydrogen-bond acceptors (Lipinski definition) is 4. The molecule has 6 nitrogen and oxygen atoms in total. The SMILES string of the molecule is Cc1nn(-c2ccccc2)c(C)c1NC(=O)CSc1ncc2ccccn12. The first-order chi connectivity index (χ1) is 13.1. The minimum Gasteiger partial charge on any atom is -0.322 e. The van der Waals surface area contributed by atoms with Crippen LogP contribution in [-0.2, 0) is 4.79 Å². The molecule has 0 spiro atoms. The first kappa shape index (κ1) is 17.4. The van der Waals surface area contributed by atoms with Crippen LogP contribution in [-0.4, -0.2) is 30.8 Å². The second kappa shape index (κ2) is 7.28. The number of nitrogens with one attached hydrogen (secondary N) is 1. The number of benzene rings is 1. The van der Waals surface area contributed by atoms with Gasteiger partial charge in [-0.1, -0.05) is 36.0 Å². The van der Waals surface area contributed by atoms with Crippen LogP contribution in [0.3, 0.4) is 0 Å².